The van der Waals surface area contributed by atoms with Gasteiger partial charge in [0, 0.05) is 20.1 Å². The SMILES string of the molecule is [CH2-]C(=O)OC.[Ir]. The first-order valence-electron chi connectivity index (χ1n) is 1.17. The quantitative estimate of drug-likeness (QED) is 0.455. The first kappa shape index (κ1) is 9.37. The third kappa shape index (κ3) is 9.01. The van der Waals surface area contributed by atoms with Crippen molar-refractivity contribution < 1.29 is 29.6 Å². The van der Waals surface area contributed by atoms with Crippen molar-refractivity contribution in [3.05, 3.63) is 6.92 Å². The van der Waals surface area contributed by atoms with E-state index in [2.05, 4.69) is 11.7 Å². The Balaban J connectivity index is 0. The van der Waals surface area contributed by atoms with E-state index in [0.29, 0.717) is 0 Å². The molecule has 0 saturated heterocycles. The van der Waals surface area contributed by atoms with Crippen LogP contribution >= 0.6 is 0 Å². The molecule has 0 unspecified atom stereocenters. The fourth-order valence-corrected chi connectivity index (χ4v) is 0. The molecular formula is C3H5IrO2-. The van der Waals surface area contributed by atoms with Crippen LogP contribution in [0.3, 0.4) is 0 Å². The van der Waals surface area contributed by atoms with Gasteiger partial charge in [-0.2, -0.15) is 0 Å². The number of hydrogen-bond acceptors (Lipinski definition) is 2. The summed E-state index contributed by atoms with van der Waals surface area (Å²) in [5, 5.41) is 0. The Morgan fingerprint density at radius 2 is 2.00 bits per heavy atom. The van der Waals surface area contributed by atoms with Gasteiger partial charge in [0.2, 0.25) is 0 Å². The molecule has 0 amide bonds. The molecule has 0 aromatic rings. The molecule has 2 nitrogen and oxygen atoms in total. The fraction of sp³-hybridized carbons (Fsp3) is 0.333. The van der Waals surface area contributed by atoms with Crippen LogP contribution in [0, 0.1) is 6.92 Å². The maximum atomic E-state index is 9.48. The van der Waals surface area contributed by atoms with E-state index in [9.17, 15) is 4.79 Å². The number of rotatable bonds is 0. The van der Waals surface area contributed by atoms with Crippen molar-refractivity contribution in [3.63, 3.8) is 0 Å². The van der Waals surface area contributed by atoms with Gasteiger partial charge in [-0.15, -0.1) is 0 Å². The molecule has 0 aromatic carbocycles. The summed E-state index contributed by atoms with van der Waals surface area (Å²) < 4.78 is 4.00. The monoisotopic (exact) mass is 266 g/mol. The van der Waals surface area contributed by atoms with E-state index in [1.54, 1.807) is 0 Å². The van der Waals surface area contributed by atoms with E-state index in [4.69, 9.17) is 0 Å². The van der Waals surface area contributed by atoms with Crippen molar-refractivity contribution in [3.8, 4) is 0 Å². The minimum atomic E-state index is -0.495. The van der Waals surface area contributed by atoms with Gasteiger partial charge in [-0.25, -0.2) is 0 Å². The van der Waals surface area contributed by atoms with Gasteiger partial charge in [0.25, 0.3) is 0 Å². The molecule has 0 spiro atoms. The molecule has 3 heteroatoms. The zero-order chi connectivity index (χ0) is 4.28. The third-order valence-corrected chi connectivity index (χ3v) is 0.228. The summed E-state index contributed by atoms with van der Waals surface area (Å²) in [6.07, 6.45) is 0. The molecule has 0 saturated carbocycles. The van der Waals surface area contributed by atoms with Crippen molar-refractivity contribution in [1.82, 2.24) is 0 Å². The average Bonchev–Trinajstić information content (AvgIpc) is 1.38. The Morgan fingerprint density at radius 3 is 2.00 bits per heavy atom. The largest absolute Gasteiger partial charge is 0.492 e. The van der Waals surface area contributed by atoms with Crippen LogP contribution in [0.2, 0.25) is 0 Å². The van der Waals surface area contributed by atoms with Crippen LogP contribution in [0.4, 0.5) is 0 Å². The Kier molecular flexibility index (Phi) is 7.79. The standard InChI is InChI=1S/C3H5O2.Ir/c1-3(4)5-2;/h1H2,2H3;/q-1;. The van der Waals surface area contributed by atoms with Crippen LogP contribution in [0.25, 0.3) is 0 Å². The predicted octanol–water partition coefficient (Wildman–Crippen LogP) is -0.00901. The first-order valence-corrected chi connectivity index (χ1v) is 1.17. The van der Waals surface area contributed by atoms with Gasteiger partial charge in [-0.1, -0.05) is 0 Å². The first-order chi connectivity index (χ1) is 2.27. The van der Waals surface area contributed by atoms with Crippen LogP contribution < -0.4 is 0 Å². The van der Waals surface area contributed by atoms with Gasteiger partial charge >= 0.3 is 0 Å². The average molecular weight is 265 g/mol. The minimum Gasteiger partial charge on any atom is -0.492 e. The molecule has 0 aliphatic rings. The number of hydrogen-bond donors (Lipinski definition) is 0. The van der Waals surface area contributed by atoms with Gasteiger partial charge in [0.1, 0.15) is 0 Å². The molecule has 0 bridgehead atoms. The summed E-state index contributed by atoms with van der Waals surface area (Å²) in [6, 6.07) is 0. The molecule has 0 rings (SSSR count). The summed E-state index contributed by atoms with van der Waals surface area (Å²) >= 11 is 0. The van der Waals surface area contributed by atoms with E-state index in [1.165, 1.54) is 7.11 Å². The summed E-state index contributed by atoms with van der Waals surface area (Å²) in [7, 11) is 1.29. The van der Waals surface area contributed by atoms with Gasteiger partial charge in [-0.05, 0) is 0 Å². The molecule has 39 valence electrons. The molecule has 0 heterocycles. The topological polar surface area (TPSA) is 26.3 Å². The summed E-state index contributed by atoms with van der Waals surface area (Å²) in [5.41, 5.74) is 0. The second-order valence-corrected chi connectivity index (χ2v) is 0.576. The number of esters is 1. The van der Waals surface area contributed by atoms with Crippen molar-refractivity contribution in [1.29, 1.82) is 0 Å². The number of carbonyl (C=O) groups excluding carboxylic acids is 1. The van der Waals surface area contributed by atoms with Gasteiger partial charge in [0.05, 0.1) is 7.11 Å². The number of carbonyl (C=O) groups is 1. The van der Waals surface area contributed by atoms with Crippen molar-refractivity contribution in [2.45, 2.75) is 0 Å². The molecule has 0 N–H and O–H groups in total. The van der Waals surface area contributed by atoms with Crippen LogP contribution in [0.5, 0.6) is 0 Å². The van der Waals surface area contributed by atoms with E-state index in [0.717, 1.165) is 0 Å². The number of methoxy groups -OCH3 is 1. The molecule has 0 aliphatic carbocycles. The molecule has 0 aliphatic heterocycles. The molecule has 0 fully saturated rings. The Bertz CT molecular complexity index is 44.1. The second-order valence-electron chi connectivity index (χ2n) is 0.576. The Morgan fingerprint density at radius 1 is 1.83 bits per heavy atom. The maximum Gasteiger partial charge on any atom is 0.164 e. The fourth-order valence-electron chi connectivity index (χ4n) is 0. The van der Waals surface area contributed by atoms with Crippen LogP contribution in [0.15, 0.2) is 0 Å². The van der Waals surface area contributed by atoms with E-state index >= 15 is 0 Å². The summed E-state index contributed by atoms with van der Waals surface area (Å²) in [5.74, 6) is -0.495. The van der Waals surface area contributed by atoms with Crippen LogP contribution in [-0.2, 0) is 29.6 Å². The zero-order valence-electron chi connectivity index (χ0n) is 3.36. The molecule has 1 radical (unpaired) electrons. The molecule has 0 aromatic heterocycles. The van der Waals surface area contributed by atoms with Gasteiger partial charge in [0.15, 0.2) is 5.97 Å². The summed E-state index contributed by atoms with van der Waals surface area (Å²) in [6.45, 7) is 2.90. The van der Waals surface area contributed by atoms with E-state index in [1.807, 2.05) is 0 Å². The summed E-state index contributed by atoms with van der Waals surface area (Å²) in [4.78, 5) is 9.48. The molecule has 6 heavy (non-hydrogen) atoms. The predicted molar refractivity (Wildman–Crippen MR) is 17.4 cm³/mol. The van der Waals surface area contributed by atoms with Crippen molar-refractivity contribution in [2.75, 3.05) is 7.11 Å². The normalized spacial score (nSPS) is 5.50. The van der Waals surface area contributed by atoms with E-state index < -0.39 is 5.97 Å². The molecular weight excluding hydrogens is 260 g/mol. The Hall–Kier alpha value is -0.0106. The van der Waals surface area contributed by atoms with E-state index in [-0.39, 0.29) is 20.1 Å². The van der Waals surface area contributed by atoms with Gasteiger partial charge in [-0.3, -0.25) is 11.7 Å². The third-order valence-electron chi connectivity index (χ3n) is 0.228. The number of ether oxygens (including phenoxy) is 1. The Labute approximate surface area is 50.2 Å². The van der Waals surface area contributed by atoms with Gasteiger partial charge < -0.3 is 4.74 Å². The second kappa shape index (κ2) is 4.99. The smallest absolute Gasteiger partial charge is 0.164 e. The van der Waals surface area contributed by atoms with Crippen LogP contribution in [0.1, 0.15) is 0 Å². The van der Waals surface area contributed by atoms with Crippen molar-refractivity contribution in [2.24, 2.45) is 0 Å². The van der Waals surface area contributed by atoms with Crippen LogP contribution in [-0.4, -0.2) is 13.1 Å². The van der Waals surface area contributed by atoms with Crippen molar-refractivity contribution >= 4 is 5.97 Å². The maximum absolute atomic E-state index is 9.48. The molecule has 0 atom stereocenters. The minimum absolute atomic E-state index is 0. The zero-order valence-corrected chi connectivity index (χ0v) is 5.75.